The number of carbonyl (C=O) groups is 1. The van der Waals surface area contributed by atoms with Crippen molar-refractivity contribution in [1.29, 1.82) is 0 Å². The first-order valence-corrected chi connectivity index (χ1v) is 6.96. The molecule has 4 heteroatoms. The maximum absolute atomic E-state index is 12.6. The molecule has 19 heavy (non-hydrogen) atoms. The van der Waals surface area contributed by atoms with Gasteiger partial charge in [-0.3, -0.25) is 4.79 Å². The third-order valence-corrected chi connectivity index (χ3v) is 4.12. The van der Waals surface area contributed by atoms with E-state index in [0.29, 0.717) is 6.04 Å². The molecule has 0 aliphatic heterocycles. The number of nitrogens with zero attached hydrogens (tertiary/aromatic N) is 2. The van der Waals surface area contributed by atoms with Crippen molar-refractivity contribution >= 4 is 16.9 Å². The summed E-state index contributed by atoms with van der Waals surface area (Å²) in [6.07, 6.45) is 9.54. The maximum atomic E-state index is 12.6. The van der Waals surface area contributed by atoms with Crippen molar-refractivity contribution in [3.05, 3.63) is 30.1 Å². The van der Waals surface area contributed by atoms with Crippen molar-refractivity contribution in [2.45, 2.75) is 38.1 Å². The van der Waals surface area contributed by atoms with Crippen LogP contribution in [0.5, 0.6) is 0 Å². The second-order valence-corrected chi connectivity index (χ2v) is 5.31. The first-order valence-electron chi connectivity index (χ1n) is 6.96. The van der Waals surface area contributed by atoms with Gasteiger partial charge in [-0.1, -0.05) is 19.3 Å². The quantitative estimate of drug-likeness (QED) is 0.899. The van der Waals surface area contributed by atoms with Gasteiger partial charge in [-0.15, -0.1) is 0 Å². The monoisotopic (exact) mass is 257 g/mol. The van der Waals surface area contributed by atoms with Gasteiger partial charge in [-0.25, -0.2) is 4.98 Å². The molecule has 0 radical (unpaired) electrons. The molecule has 0 atom stereocenters. The number of H-pyrrole nitrogens is 1. The Kier molecular flexibility index (Phi) is 3.23. The van der Waals surface area contributed by atoms with Crippen LogP contribution in [0, 0.1) is 0 Å². The Labute approximate surface area is 112 Å². The van der Waals surface area contributed by atoms with Gasteiger partial charge >= 0.3 is 0 Å². The van der Waals surface area contributed by atoms with Gasteiger partial charge in [0, 0.05) is 30.9 Å². The van der Waals surface area contributed by atoms with E-state index in [1.807, 2.05) is 24.1 Å². The third kappa shape index (κ3) is 2.23. The lowest BCUT2D eigenvalue weighted by molar-refractivity contribution is 0.0698. The number of carbonyl (C=O) groups excluding carboxylic acids is 1. The second kappa shape index (κ2) is 5.03. The van der Waals surface area contributed by atoms with Gasteiger partial charge in [0.15, 0.2) is 0 Å². The van der Waals surface area contributed by atoms with Gasteiger partial charge < -0.3 is 9.88 Å². The fourth-order valence-electron chi connectivity index (χ4n) is 2.96. The zero-order chi connectivity index (χ0) is 13.2. The lowest BCUT2D eigenvalue weighted by atomic mass is 9.94. The zero-order valence-corrected chi connectivity index (χ0v) is 11.2. The Hall–Kier alpha value is -1.84. The van der Waals surface area contributed by atoms with Gasteiger partial charge in [0.25, 0.3) is 5.91 Å². The summed E-state index contributed by atoms with van der Waals surface area (Å²) in [5.41, 5.74) is 1.51. The summed E-state index contributed by atoms with van der Waals surface area (Å²) in [6, 6.07) is 4.21. The van der Waals surface area contributed by atoms with Crippen molar-refractivity contribution in [3.63, 3.8) is 0 Å². The molecule has 2 aromatic heterocycles. The Morgan fingerprint density at radius 3 is 2.95 bits per heavy atom. The van der Waals surface area contributed by atoms with Crippen molar-refractivity contribution in [2.75, 3.05) is 7.05 Å². The summed E-state index contributed by atoms with van der Waals surface area (Å²) in [5, 5.41) is 0.912. The predicted octanol–water partition coefficient (Wildman–Crippen LogP) is 2.97. The number of fused-ring (bicyclic) bond motifs is 1. The van der Waals surface area contributed by atoms with Crippen LogP contribution in [0.15, 0.2) is 24.5 Å². The SMILES string of the molecule is CN(C(=O)c1c[nH]c2ncccc12)C1CCCCC1. The standard InChI is InChI=1S/C15H19N3O/c1-18(11-6-3-2-4-7-11)15(19)13-10-17-14-12(13)8-5-9-16-14/h5,8-11H,2-4,6-7H2,1H3,(H,16,17). The largest absolute Gasteiger partial charge is 0.345 e. The van der Waals surface area contributed by atoms with E-state index in [0.717, 1.165) is 29.4 Å². The van der Waals surface area contributed by atoms with E-state index in [1.165, 1.54) is 19.3 Å². The number of pyridine rings is 1. The summed E-state index contributed by atoms with van der Waals surface area (Å²) in [4.78, 5) is 21.8. The molecule has 2 heterocycles. The number of rotatable bonds is 2. The van der Waals surface area contributed by atoms with E-state index in [9.17, 15) is 4.79 Å². The van der Waals surface area contributed by atoms with Crippen molar-refractivity contribution in [2.24, 2.45) is 0 Å². The normalized spacial score (nSPS) is 16.7. The number of hydrogen-bond donors (Lipinski definition) is 1. The molecular formula is C15H19N3O. The van der Waals surface area contributed by atoms with Crippen LogP contribution < -0.4 is 0 Å². The number of aromatic nitrogens is 2. The fourth-order valence-corrected chi connectivity index (χ4v) is 2.96. The predicted molar refractivity (Wildman–Crippen MR) is 75.1 cm³/mol. The lowest BCUT2D eigenvalue weighted by Gasteiger charge is -2.31. The third-order valence-electron chi connectivity index (χ3n) is 4.12. The molecule has 2 aromatic rings. The number of nitrogens with one attached hydrogen (secondary N) is 1. The molecule has 1 amide bonds. The minimum Gasteiger partial charge on any atom is -0.345 e. The molecule has 0 saturated heterocycles. The highest BCUT2D eigenvalue weighted by molar-refractivity contribution is 6.05. The number of amides is 1. The molecule has 1 fully saturated rings. The zero-order valence-electron chi connectivity index (χ0n) is 11.2. The average Bonchev–Trinajstić information content (AvgIpc) is 2.90. The van der Waals surface area contributed by atoms with Crippen molar-refractivity contribution in [1.82, 2.24) is 14.9 Å². The Morgan fingerprint density at radius 1 is 1.37 bits per heavy atom. The molecule has 1 N–H and O–H groups in total. The van der Waals surface area contributed by atoms with E-state index in [4.69, 9.17) is 0 Å². The van der Waals surface area contributed by atoms with Crippen LogP contribution in [-0.2, 0) is 0 Å². The molecule has 1 aliphatic carbocycles. The van der Waals surface area contributed by atoms with E-state index < -0.39 is 0 Å². The summed E-state index contributed by atoms with van der Waals surface area (Å²) >= 11 is 0. The number of hydrogen-bond acceptors (Lipinski definition) is 2. The van der Waals surface area contributed by atoms with E-state index in [-0.39, 0.29) is 5.91 Å². The van der Waals surface area contributed by atoms with Gasteiger partial charge in [0.1, 0.15) is 5.65 Å². The molecule has 0 unspecified atom stereocenters. The smallest absolute Gasteiger partial charge is 0.256 e. The molecular weight excluding hydrogens is 238 g/mol. The number of aromatic amines is 1. The minimum atomic E-state index is 0.103. The van der Waals surface area contributed by atoms with Crippen LogP contribution in [0.4, 0.5) is 0 Å². The van der Waals surface area contributed by atoms with Crippen molar-refractivity contribution in [3.8, 4) is 0 Å². The van der Waals surface area contributed by atoms with Crippen molar-refractivity contribution < 1.29 is 4.79 Å². The Balaban J connectivity index is 1.86. The lowest BCUT2D eigenvalue weighted by Crippen LogP contribution is -2.38. The average molecular weight is 257 g/mol. The summed E-state index contributed by atoms with van der Waals surface area (Å²) in [5.74, 6) is 0.103. The Bertz CT molecular complexity index is 584. The van der Waals surface area contributed by atoms with Crippen LogP contribution in [-0.4, -0.2) is 33.9 Å². The summed E-state index contributed by atoms with van der Waals surface area (Å²) in [6.45, 7) is 0. The molecule has 1 aliphatic rings. The topological polar surface area (TPSA) is 49.0 Å². The van der Waals surface area contributed by atoms with Gasteiger partial charge in [0.05, 0.1) is 5.56 Å². The fraction of sp³-hybridized carbons (Fsp3) is 0.467. The van der Waals surface area contributed by atoms with Crippen LogP contribution in [0.3, 0.4) is 0 Å². The van der Waals surface area contributed by atoms with Gasteiger partial charge in [-0.2, -0.15) is 0 Å². The minimum absolute atomic E-state index is 0.103. The van der Waals surface area contributed by atoms with E-state index in [2.05, 4.69) is 9.97 Å². The maximum Gasteiger partial charge on any atom is 0.256 e. The van der Waals surface area contributed by atoms with Crippen LogP contribution in [0.1, 0.15) is 42.5 Å². The first-order chi connectivity index (χ1) is 9.27. The van der Waals surface area contributed by atoms with Crippen LogP contribution >= 0.6 is 0 Å². The summed E-state index contributed by atoms with van der Waals surface area (Å²) in [7, 11) is 1.92. The molecule has 100 valence electrons. The molecule has 0 spiro atoms. The first kappa shape index (κ1) is 12.2. The summed E-state index contributed by atoms with van der Waals surface area (Å²) < 4.78 is 0. The molecule has 0 aromatic carbocycles. The molecule has 1 saturated carbocycles. The van der Waals surface area contributed by atoms with Crippen LogP contribution in [0.25, 0.3) is 11.0 Å². The second-order valence-electron chi connectivity index (χ2n) is 5.31. The Morgan fingerprint density at radius 2 is 2.16 bits per heavy atom. The molecule has 3 rings (SSSR count). The van der Waals surface area contributed by atoms with E-state index in [1.54, 1.807) is 12.4 Å². The molecule has 0 bridgehead atoms. The van der Waals surface area contributed by atoms with Gasteiger partial charge in [0.2, 0.25) is 0 Å². The molecule has 4 nitrogen and oxygen atoms in total. The highest BCUT2D eigenvalue weighted by Gasteiger charge is 2.24. The van der Waals surface area contributed by atoms with Crippen LogP contribution in [0.2, 0.25) is 0 Å². The highest BCUT2D eigenvalue weighted by Crippen LogP contribution is 2.24. The van der Waals surface area contributed by atoms with Gasteiger partial charge in [-0.05, 0) is 25.0 Å². The highest BCUT2D eigenvalue weighted by atomic mass is 16.2. The van der Waals surface area contributed by atoms with E-state index >= 15 is 0 Å².